The Bertz CT molecular complexity index is 345. The Labute approximate surface area is 104 Å². The first-order valence-corrected chi connectivity index (χ1v) is 6.74. The van der Waals surface area contributed by atoms with Gasteiger partial charge in [-0.15, -0.1) is 0 Å². The van der Waals surface area contributed by atoms with Crippen molar-refractivity contribution in [1.82, 2.24) is 5.32 Å². The first kappa shape index (κ1) is 12.4. The smallest absolute Gasteiger partial charge is 0.119 e. The van der Waals surface area contributed by atoms with Crippen LogP contribution in [0, 0.1) is 5.92 Å². The third-order valence-electron chi connectivity index (χ3n) is 3.79. The molecule has 1 aliphatic rings. The van der Waals surface area contributed by atoms with E-state index in [1.165, 1.54) is 31.5 Å². The number of rotatable bonds is 4. The van der Waals surface area contributed by atoms with Crippen molar-refractivity contribution in [2.75, 3.05) is 19.7 Å². The van der Waals surface area contributed by atoms with Crippen LogP contribution in [-0.2, 0) is 0 Å². The quantitative estimate of drug-likeness (QED) is 0.862. The van der Waals surface area contributed by atoms with Gasteiger partial charge in [0.2, 0.25) is 0 Å². The zero-order valence-corrected chi connectivity index (χ0v) is 10.9. The minimum atomic E-state index is 0.637. The van der Waals surface area contributed by atoms with E-state index in [2.05, 4.69) is 30.4 Å². The molecule has 2 rings (SSSR count). The molecule has 2 heteroatoms. The second kappa shape index (κ2) is 6.06. The topological polar surface area (TPSA) is 21.3 Å². The Balaban J connectivity index is 2.06. The summed E-state index contributed by atoms with van der Waals surface area (Å²) < 4.78 is 5.57. The second-order valence-electron chi connectivity index (χ2n) is 4.88. The number of hydrogen-bond acceptors (Lipinski definition) is 2. The van der Waals surface area contributed by atoms with Gasteiger partial charge in [0.05, 0.1) is 6.61 Å². The number of hydrogen-bond donors (Lipinski definition) is 1. The number of ether oxygens (including phenoxy) is 1. The Hall–Kier alpha value is -1.02. The maximum absolute atomic E-state index is 5.57. The Morgan fingerprint density at radius 1 is 1.35 bits per heavy atom. The Kier molecular flexibility index (Phi) is 4.43. The van der Waals surface area contributed by atoms with Gasteiger partial charge in [-0.2, -0.15) is 0 Å². The molecule has 0 saturated carbocycles. The molecule has 94 valence electrons. The van der Waals surface area contributed by atoms with Crippen LogP contribution in [0.3, 0.4) is 0 Å². The summed E-state index contributed by atoms with van der Waals surface area (Å²) in [6, 6.07) is 8.59. The highest BCUT2D eigenvalue weighted by Crippen LogP contribution is 2.32. The highest BCUT2D eigenvalue weighted by Gasteiger charge is 2.21. The van der Waals surface area contributed by atoms with Gasteiger partial charge < -0.3 is 10.1 Å². The third-order valence-corrected chi connectivity index (χ3v) is 3.79. The summed E-state index contributed by atoms with van der Waals surface area (Å²) in [5.74, 6) is 2.46. The SMILES string of the molecule is CCOc1cccc(C(C)C2CCNCC2)c1. The molecule has 0 bridgehead atoms. The van der Waals surface area contributed by atoms with E-state index in [1.807, 2.05) is 13.0 Å². The van der Waals surface area contributed by atoms with E-state index >= 15 is 0 Å². The lowest BCUT2D eigenvalue weighted by molar-refractivity contribution is 0.325. The van der Waals surface area contributed by atoms with Crippen LogP contribution in [0.5, 0.6) is 5.75 Å². The molecule has 1 aliphatic heterocycles. The van der Waals surface area contributed by atoms with E-state index in [0.717, 1.165) is 18.3 Å². The van der Waals surface area contributed by atoms with Crippen molar-refractivity contribution in [3.8, 4) is 5.75 Å². The van der Waals surface area contributed by atoms with Crippen LogP contribution in [-0.4, -0.2) is 19.7 Å². The normalized spacial score (nSPS) is 18.9. The molecule has 1 aromatic carbocycles. The highest BCUT2D eigenvalue weighted by atomic mass is 16.5. The number of piperidine rings is 1. The van der Waals surface area contributed by atoms with E-state index in [4.69, 9.17) is 4.74 Å². The molecule has 1 N–H and O–H groups in total. The molecule has 1 aromatic rings. The summed E-state index contributed by atoms with van der Waals surface area (Å²) in [5.41, 5.74) is 1.42. The van der Waals surface area contributed by atoms with E-state index in [1.54, 1.807) is 0 Å². The molecule has 2 nitrogen and oxygen atoms in total. The van der Waals surface area contributed by atoms with Crippen molar-refractivity contribution in [1.29, 1.82) is 0 Å². The molecule has 0 aliphatic carbocycles. The lowest BCUT2D eigenvalue weighted by atomic mass is 9.82. The second-order valence-corrected chi connectivity index (χ2v) is 4.88. The summed E-state index contributed by atoms with van der Waals surface area (Å²) in [6.45, 7) is 7.45. The molecule has 0 amide bonds. The predicted octanol–water partition coefficient (Wildman–Crippen LogP) is 3.19. The summed E-state index contributed by atoms with van der Waals surface area (Å²) >= 11 is 0. The minimum absolute atomic E-state index is 0.637. The average Bonchev–Trinajstić information content (AvgIpc) is 2.40. The van der Waals surface area contributed by atoms with Gasteiger partial charge in [0.15, 0.2) is 0 Å². The number of benzene rings is 1. The molecule has 1 atom stereocenters. The van der Waals surface area contributed by atoms with E-state index < -0.39 is 0 Å². The third kappa shape index (κ3) is 3.22. The molecule has 1 heterocycles. The van der Waals surface area contributed by atoms with Crippen LogP contribution in [0.2, 0.25) is 0 Å². The van der Waals surface area contributed by atoms with Gasteiger partial charge in [0, 0.05) is 0 Å². The monoisotopic (exact) mass is 233 g/mol. The first-order valence-electron chi connectivity index (χ1n) is 6.74. The standard InChI is InChI=1S/C15H23NO/c1-3-17-15-6-4-5-14(11-15)12(2)13-7-9-16-10-8-13/h4-6,11-13,16H,3,7-10H2,1-2H3. The van der Waals surface area contributed by atoms with Gasteiger partial charge in [0.1, 0.15) is 5.75 Å². The molecule has 0 aromatic heterocycles. The molecular formula is C15H23NO. The Morgan fingerprint density at radius 3 is 2.82 bits per heavy atom. The van der Waals surface area contributed by atoms with Gasteiger partial charge in [-0.3, -0.25) is 0 Å². The molecular weight excluding hydrogens is 210 g/mol. The average molecular weight is 233 g/mol. The fraction of sp³-hybridized carbons (Fsp3) is 0.600. The molecule has 1 fully saturated rings. The zero-order valence-electron chi connectivity index (χ0n) is 10.9. The molecule has 0 radical (unpaired) electrons. The van der Waals surface area contributed by atoms with Crippen molar-refractivity contribution in [3.05, 3.63) is 29.8 Å². The summed E-state index contributed by atoms with van der Waals surface area (Å²) in [5, 5.41) is 3.43. The van der Waals surface area contributed by atoms with E-state index in [9.17, 15) is 0 Å². The summed E-state index contributed by atoms with van der Waals surface area (Å²) in [6.07, 6.45) is 2.58. The van der Waals surface area contributed by atoms with Crippen molar-refractivity contribution < 1.29 is 4.74 Å². The minimum Gasteiger partial charge on any atom is -0.494 e. The molecule has 17 heavy (non-hydrogen) atoms. The predicted molar refractivity (Wildman–Crippen MR) is 71.6 cm³/mol. The maximum atomic E-state index is 5.57. The lowest BCUT2D eigenvalue weighted by Gasteiger charge is -2.28. The first-order chi connectivity index (χ1) is 8.31. The fourth-order valence-corrected chi connectivity index (χ4v) is 2.67. The van der Waals surface area contributed by atoms with Crippen molar-refractivity contribution in [2.24, 2.45) is 5.92 Å². The van der Waals surface area contributed by atoms with Crippen LogP contribution in [0.1, 0.15) is 38.2 Å². The van der Waals surface area contributed by atoms with Gasteiger partial charge >= 0.3 is 0 Å². The fourth-order valence-electron chi connectivity index (χ4n) is 2.67. The van der Waals surface area contributed by atoms with Crippen molar-refractivity contribution in [3.63, 3.8) is 0 Å². The summed E-state index contributed by atoms with van der Waals surface area (Å²) in [7, 11) is 0. The Morgan fingerprint density at radius 2 is 2.12 bits per heavy atom. The van der Waals surface area contributed by atoms with Crippen LogP contribution in [0.15, 0.2) is 24.3 Å². The van der Waals surface area contributed by atoms with Gasteiger partial charge in [0.25, 0.3) is 0 Å². The zero-order chi connectivity index (χ0) is 12.1. The summed E-state index contributed by atoms with van der Waals surface area (Å²) in [4.78, 5) is 0. The van der Waals surface area contributed by atoms with Crippen molar-refractivity contribution in [2.45, 2.75) is 32.6 Å². The molecule has 1 saturated heterocycles. The van der Waals surface area contributed by atoms with E-state index in [-0.39, 0.29) is 0 Å². The van der Waals surface area contributed by atoms with Gasteiger partial charge in [-0.25, -0.2) is 0 Å². The highest BCUT2D eigenvalue weighted by molar-refractivity contribution is 5.31. The van der Waals surface area contributed by atoms with Crippen LogP contribution >= 0.6 is 0 Å². The molecule has 0 spiro atoms. The van der Waals surface area contributed by atoms with Gasteiger partial charge in [-0.1, -0.05) is 19.1 Å². The van der Waals surface area contributed by atoms with Crippen molar-refractivity contribution >= 4 is 0 Å². The van der Waals surface area contributed by atoms with Crippen LogP contribution < -0.4 is 10.1 Å². The van der Waals surface area contributed by atoms with Crippen LogP contribution in [0.25, 0.3) is 0 Å². The number of nitrogens with one attached hydrogen (secondary N) is 1. The lowest BCUT2D eigenvalue weighted by Crippen LogP contribution is -2.30. The van der Waals surface area contributed by atoms with Crippen LogP contribution in [0.4, 0.5) is 0 Å². The van der Waals surface area contributed by atoms with Gasteiger partial charge in [-0.05, 0) is 62.4 Å². The van der Waals surface area contributed by atoms with E-state index in [0.29, 0.717) is 5.92 Å². The largest absolute Gasteiger partial charge is 0.494 e. The maximum Gasteiger partial charge on any atom is 0.119 e. The molecule has 1 unspecified atom stereocenters.